The minimum Gasteiger partial charge on any atom is -0.384 e. The second-order valence-electron chi connectivity index (χ2n) is 4.34. The second-order valence-corrected chi connectivity index (χ2v) is 7.55. The van der Waals surface area contributed by atoms with Crippen molar-refractivity contribution in [1.82, 2.24) is 9.78 Å². The van der Waals surface area contributed by atoms with Crippen LogP contribution in [0, 0.1) is 0 Å². The summed E-state index contributed by atoms with van der Waals surface area (Å²) in [5, 5.41) is 4.62. The molecule has 0 unspecified atom stereocenters. The molecule has 8 heteroatoms. The van der Waals surface area contributed by atoms with Gasteiger partial charge in [0.1, 0.15) is 5.82 Å². The van der Waals surface area contributed by atoms with Crippen molar-refractivity contribution in [3.63, 3.8) is 0 Å². The summed E-state index contributed by atoms with van der Waals surface area (Å²) in [5.41, 5.74) is 6.95. The third-order valence-corrected chi connectivity index (χ3v) is 5.33. The number of anilines is 1. The van der Waals surface area contributed by atoms with Crippen LogP contribution in [-0.2, 0) is 16.9 Å². The molecule has 0 aliphatic rings. The van der Waals surface area contributed by atoms with E-state index in [0.717, 1.165) is 6.26 Å². The molecule has 2 N–H and O–H groups in total. The number of thioether (sulfide) groups is 1. The van der Waals surface area contributed by atoms with Crippen molar-refractivity contribution in [2.75, 3.05) is 18.2 Å². The molecule has 0 atom stereocenters. The maximum Gasteiger partial charge on any atom is 0.176 e. The zero-order valence-corrected chi connectivity index (χ0v) is 13.6. The summed E-state index contributed by atoms with van der Waals surface area (Å²) < 4.78 is 25.3. The van der Waals surface area contributed by atoms with Crippen LogP contribution in [0.5, 0.6) is 0 Å². The second kappa shape index (κ2) is 5.31. The van der Waals surface area contributed by atoms with Crippen molar-refractivity contribution in [2.24, 2.45) is 7.05 Å². The van der Waals surface area contributed by atoms with Gasteiger partial charge in [-0.1, -0.05) is 11.6 Å². The van der Waals surface area contributed by atoms with E-state index in [1.54, 1.807) is 31.5 Å². The Bertz CT molecular complexity index is 750. The maximum absolute atomic E-state index is 11.9. The monoisotopic (exact) mass is 331 g/mol. The molecule has 20 heavy (non-hydrogen) atoms. The van der Waals surface area contributed by atoms with Crippen molar-refractivity contribution < 1.29 is 8.42 Å². The molecule has 1 aromatic carbocycles. The smallest absolute Gasteiger partial charge is 0.176 e. The molecule has 0 aliphatic carbocycles. The number of nitrogens with zero attached hydrogens (tertiary/aromatic N) is 2. The average Bonchev–Trinajstić information content (AvgIpc) is 2.67. The molecule has 108 valence electrons. The average molecular weight is 332 g/mol. The molecule has 0 amide bonds. The lowest BCUT2D eigenvalue weighted by atomic mass is 10.1. The molecule has 0 radical (unpaired) electrons. The van der Waals surface area contributed by atoms with Crippen LogP contribution in [0.3, 0.4) is 0 Å². The molecule has 0 saturated heterocycles. The molecular weight excluding hydrogens is 318 g/mol. The standard InChI is InChI=1S/C12H14ClN3O2S2/c1-16-11(14)6-9(15-16)7-4-8(13)12(19-2)10(5-7)20(3,17)18/h4-6H,14H2,1-3H3. The van der Waals surface area contributed by atoms with E-state index in [9.17, 15) is 8.42 Å². The molecule has 2 aromatic rings. The summed E-state index contributed by atoms with van der Waals surface area (Å²) in [6.07, 6.45) is 2.95. The highest BCUT2D eigenvalue weighted by Gasteiger charge is 2.19. The Morgan fingerprint density at radius 1 is 1.35 bits per heavy atom. The van der Waals surface area contributed by atoms with Crippen molar-refractivity contribution >= 4 is 39.0 Å². The lowest BCUT2D eigenvalue weighted by Crippen LogP contribution is -2.01. The van der Waals surface area contributed by atoms with Crippen LogP contribution in [0.4, 0.5) is 5.82 Å². The number of hydrogen-bond acceptors (Lipinski definition) is 5. The summed E-state index contributed by atoms with van der Waals surface area (Å²) in [6, 6.07) is 4.95. The number of benzene rings is 1. The summed E-state index contributed by atoms with van der Waals surface area (Å²) in [7, 11) is -1.66. The Morgan fingerprint density at radius 2 is 2.00 bits per heavy atom. The van der Waals surface area contributed by atoms with Gasteiger partial charge in [-0.3, -0.25) is 4.68 Å². The number of sulfone groups is 1. The van der Waals surface area contributed by atoms with Gasteiger partial charge in [-0.2, -0.15) is 5.10 Å². The number of nitrogens with two attached hydrogens (primary N) is 1. The van der Waals surface area contributed by atoms with Gasteiger partial charge in [-0.15, -0.1) is 11.8 Å². The van der Waals surface area contributed by atoms with Gasteiger partial charge < -0.3 is 5.73 Å². The van der Waals surface area contributed by atoms with Gasteiger partial charge in [-0.25, -0.2) is 8.42 Å². The minimum absolute atomic E-state index is 0.205. The van der Waals surface area contributed by atoms with Gasteiger partial charge in [0, 0.05) is 29.8 Å². The minimum atomic E-state index is -3.37. The molecule has 0 aliphatic heterocycles. The molecule has 2 rings (SSSR count). The van der Waals surface area contributed by atoms with E-state index >= 15 is 0 Å². The van der Waals surface area contributed by atoms with Gasteiger partial charge >= 0.3 is 0 Å². The van der Waals surface area contributed by atoms with Crippen molar-refractivity contribution in [1.29, 1.82) is 0 Å². The first kappa shape index (κ1) is 15.2. The third-order valence-electron chi connectivity index (χ3n) is 2.82. The van der Waals surface area contributed by atoms with E-state index in [4.69, 9.17) is 17.3 Å². The Labute approximate surface area is 127 Å². The number of rotatable bonds is 3. The fourth-order valence-electron chi connectivity index (χ4n) is 1.81. The van der Waals surface area contributed by atoms with Crippen LogP contribution in [-0.4, -0.2) is 30.7 Å². The maximum atomic E-state index is 11.9. The normalized spacial score (nSPS) is 11.8. The van der Waals surface area contributed by atoms with Crippen molar-refractivity contribution in [3.8, 4) is 11.3 Å². The summed E-state index contributed by atoms with van der Waals surface area (Å²) >= 11 is 7.49. The lowest BCUT2D eigenvalue weighted by molar-refractivity contribution is 0.600. The van der Waals surface area contributed by atoms with Gasteiger partial charge in [0.15, 0.2) is 9.84 Å². The van der Waals surface area contributed by atoms with E-state index in [1.165, 1.54) is 16.4 Å². The van der Waals surface area contributed by atoms with Gasteiger partial charge in [0.05, 0.1) is 15.6 Å². The molecule has 0 bridgehead atoms. The number of halogens is 1. The van der Waals surface area contributed by atoms with Gasteiger partial charge in [0.2, 0.25) is 0 Å². The van der Waals surface area contributed by atoms with Gasteiger partial charge in [-0.05, 0) is 18.4 Å². The van der Waals surface area contributed by atoms with Crippen LogP contribution in [0.25, 0.3) is 11.3 Å². The number of aromatic nitrogens is 2. The third kappa shape index (κ3) is 2.79. The fourth-order valence-corrected chi connectivity index (χ4v) is 4.33. The van der Waals surface area contributed by atoms with Crippen molar-refractivity contribution in [2.45, 2.75) is 9.79 Å². The molecule has 0 spiro atoms. The Morgan fingerprint density at radius 3 is 2.45 bits per heavy atom. The number of aryl methyl sites for hydroxylation is 1. The predicted molar refractivity (Wildman–Crippen MR) is 83.0 cm³/mol. The topological polar surface area (TPSA) is 78.0 Å². The summed E-state index contributed by atoms with van der Waals surface area (Å²) in [6.45, 7) is 0. The predicted octanol–water partition coefficient (Wildman–Crippen LogP) is 2.45. The van der Waals surface area contributed by atoms with E-state index in [0.29, 0.717) is 27.0 Å². The first-order valence-corrected chi connectivity index (χ1v) is 9.11. The van der Waals surface area contributed by atoms with E-state index < -0.39 is 9.84 Å². The van der Waals surface area contributed by atoms with Crippen LogP contribution in [0.1, 0.15) is 0 Å². The fraction of sp³-hybridized carbons (Fsp3) is 0.250. The Hall–Kier alpha value is -1.18. The van der Waals surface area contributed by atoms with E-state index in [1.807, 2.05) is 0 Å². The highest BCUT2D eigenvalue weighted by molar-refractivity contribution is 7.99. The van der Waals surface area contributed by atoms with Crippen LogP contribution in [0.15, 0.2) is 28.0 Å². The molecular formula is C12H14ClN3O2S2. The van der Waals surface area contributed by atoms with E-state index in [2.05, 4.69) is 5.10 Å². The molecule has 1 aromatic heterocycles. The quantitative estimate of drug-likeness (QED) is 0.874. The first-order valence-electron chi connectivity index (χ1n) is 5.61. The summed E-state index contributed by atoms with van der Waals surface area (Å²) in [5.74, 6) is 0.492. The van der Waals surface area contributed by atoms with E-state index in [-0.39, 0.29) is 4.90 Å². The highest BCUT2D eigenvalue weighted by Crippen LogP contribution is 2.36. The Kier molecular flexibility index (Phi) is 4.04. The van der Waals surface area contributed by atoms with Crippen LogP contribution < -0.4 is 5.73 Å². The first-order chi connectivity index (χ1) is 9.24. The zero-order chi connectivity index (χ0) is 15.1. The SMILES string of the molecule is CSc1c(Cl)cc(-c2cc(N)n(C)n2)cc1S(C)(=O)=O. The molecule has 0 fully saturated rings. The van der Waals surface area contributed by atoms with Crippen LogP contribution in [0.2, 0.25) is 5.02 Å². The molecule has 1 heterocycles. The summed E-state index contributed by atoms with van der Waals surface area (Å²) in [4.78, 5) is 0.749. The number of nitrogen functional groups attached to an aromatic ring is 1. The van der Waals surface area contributed by atoms with Crippen molar-refractivity contribution in [3.05, 3.63) is 23.2 Å². The van der Waals surface area contributed by atoms with Gasteiger partial charge in [0.25, 0.3) is 0 Å². The Balaban J connectivity index is 2.71. The largest absolute Gasteiger partial charge is 0.384 e. The zero-order valence-electron chi connectivity index (χ0n) is 11.2. The molecule has 5 nitrogen and oxygen atoms in total. The highest BCUT2D eigenvalue weighted by atomic mass is 35.5. The lowest BCUT2D eigenvalue weighted by Gasteiger charge is -2.10. The van der Waals surface area contributed by atoms with Crippen LogP contribution >= 0.6 is 23.4 Å². The molecule has 0 saturated carbocycles. The number of hydrogen-bond donors (Lipinski definition) is 1.